The zero-order valence-electron chi connectivity index (χ0n) is 21.7. The van der Waals surface area contributed by atoms with Crippen LogP contribution < -0.4 is 32.7 Å². The van der Waals surface area contributed by atoms with Crippen LogP contribution in [0.25, 0.3) is 11.1 Å². The summed E-state index contributed by atoms with van der Waals surface area (Å²) in [5.74, 6) is -0.0847. The van der Waals surface area contributed by atoms with Gasteiger partial charge in [0.25, 0.3) is 0 Å². The SMILES string of the molecule is CCCCNc1ccc(-c2ccccc2)cc1.NCCCNCCCCNCCCNC(=O)CN. The average molecular weight is 485 g/mol. The van der Waals surface area contributed by atoms with Gasteiger partial charge in [-0.05, 0) is 88.1 Å². The number of carbonyl (C=O) groups excluding carboxylic acids is 1. The molecule has 0 aliphatic heterocycles. The molecule has 0 unspecified atom stereocenters. The van der Waals surface area contributed by atoms with Crippen LogP contribution in [0.3, 0.4) is 0 Å². The highest BCUT2D eigenvalue weighted by Crippen LogP contribution is 2.20. The molecule has 0 bridgehead atoms. The van der Waals surface area contributed by atoms with Gasteiger partial charge in [0.2, 0.25) is 5.91 Å². The minimum atomic E-state index is -0.0847. The number of rotatable bonds is 18. The molecule has 1 amide bonds. The number of anilines is 1. The number of benzene rings is 2. The second-order valence-electron chi connectivity index (χ2n) is 8.48. The molecular weight excluding hydrogens is 436 g/mol. The molecule has 0 spiro atoms. The Balaban J connectivity index is 0.000000350. The summed E-state index contributed by atoms with van der Waals surface area (Å²) in [7, 11) is 0. The number of hydrogen-bond donors (Lipinski definition) is 6. The monoisotopic (exact) mass is 484 g/mol. The van der Waals surface area contributed by atoms with Gasteiger partial charge in [-0.1, -0.05) is 55.8 Å². The van der Waals surface area contributed by atoms with Crippen molar-refractivity contribution in [2.45, 2.75) is 45.4 Å². The van der Waals surface area contributed by atoms with Gasteiger partial charge in [-0.15, -0.1) is 0 Å². The van der Waals surface area contributed by atoms with Gasteiger partial charge in [0, 0.05) is 18.8 Å². The Labute approximate surface area is 212 Å². The molecule has 196 valence electrons. The standard InChI is InChI=1S/C16H19N.C12H29N5O/c1-2-3-13-17-16-11-9-15(10-12-16)14-7-5-4-6-8-14;13-5-3-8-15-6-1-2-7-16-9-4-10-17-12(18)11-14/h4-12,17H,2-3,13H2,1H3;15-16H,1-11,13-14H2,(H,17,18). The van der Waals surface area contributed by atoms with E-state index in [0.717, 1.165) is 52.1 Å². The van der Waals surface area contributed by atoms with Crippen molar-refractivity contribution in [1.82, 2.24) is 16.0 Å². The van der Waals surface area contributed by atoms with E-state index in [1.54, 1.807) is 0 Å². The number of hydrogen-bond acceptors (Lipinski definition) is 6. The first kappa shape index (κ1) is 30.6. The van der Waals surface area contributed by atoms with Crippen molar-refractivity contribution >= 4 is 11.6 Å². The molecule has 0 atom stereocenters. The van der Waals surface area contributed by atoms with Crippen molar-refractivity contribution in [1.29, 1.82) is 0 Å². The summed E-state index contributed by atoms with van der Waals surface area (Å²) < 4.78 is 0. The summed E-state index contributed by atoms with van der Waals surface area (Å²) in [5.41, 5.74) is 14.3. The van der Waals surface area contributed by atoms with Crippen LogP contribution in [-0.2, 0) is 4.79 Å². The smallest absolute Gasteiger partial charge is 0.233 e. The fraction of sp³-hybridized carbons (Fsp3) is 0.536. The van der Waals surface area contributed by atoms with E-state index in [-0.39, 0.29) is 12.5 Å². The molecule has 0 radical (unpaired) electrons. The normalized spacial score (nSPS) is 10.4. The molecule has 0 aliphatic rings. The van der Waals surface area contributed by atoms with E-state index in [1.165, 1.54) is 42.5 Å². The summed E-state index contributed by atoms with van der Waals surface area (Å²) >= 11 is 0. The summed E-state index contributed by atoms with van der Waals surface area (Å²) in [6, 6.07) is 19.1. The van der Waals surface area contributed by atoms with Gasteiger partial charge >= 0.3 is 0 Å². The molecular formula is C28H48N6O. The Morgan fingerprint density at radius 3 is 1.89 bits per heavy atom. The lowest BCUT2D eigenvalue weighted by atomic mass is 10.1. The van der Waals surface area contributed by atoms with E-state index in [9.17, 15) is 4.79 Å². The topological polar surface area (TPSA) is 117 Å². The minimum absolute atomic E-state index is 0.0740. The molecule has 8 N–H and O–H groups in total. The molecule has 0 saturated carbocycles. The Hall–Kier alpha value is -2.45. The van der Waals surface area contributed by atoms with E-state index in [0.29, 0.717) is 6.54 Å². The van der Waals surface area contributed by atoms with Gasteiger partial charge in [0.15, 0.2) is 0 Å². The van der Waals surface area contributed by atoms with Gasteiger partial charge in [-0.25, -0.2) is 0 Å². The van der Waals surface area contributed by atoms with Crippen LogP contribution in [0.2, 0.25) is 0 Å². The highest BCUT2D eigenvalue weighted by atomic mass is 16.1. The molecule has 7 nitrogen and oxygen atoms in total. The van der Waals surface area contributed by atoms with E-state index in [4.69, 9.17) is 11.5 Å². The van der Waals surface area contributed by atoms with Crippen molar-refractivity contribution in [2.24, 2.45) is 11.5 Å². The van der Waals surface area contributed by atoms with Crippen molar-refractivity contribution < 1.29 is 4.79 Å². The van der Waals surface area contributed by atoms with Gasteiger partial charge in [0.05, 0.1) is 6.54 Å². The van der Waals surface area contributed by atoms with E-state index in [1.807, 2.05) is 6.07 Å². The highest BCUT2D eigenvalue weighted by Gasteiger charge is 1.97. The third kappa shape index (κ3) is 16.8. The fourth-order valence-corrected chi connectivity index (χ4v) is 3.31. The Morgan fingerprint density at radius 1 is 0.686 bits per heavy atom. The van der Waals surface area contributed by atoms with Crippen LogP contribution in [0.15, 0.2) is 54.6 Å². The predicted octanol–water partition coefficient (Wildman–Crippen LogP) is 3.33. The predicted molar refractivity (Wildman–Crippen MR) is 151 cm³/mol. The van der Waals surface area contributed by atoms with Gasteiger partial charge in [-0.3, -0.25) is 4.79 Å². The summed E-state index contributed by atoms with van der Waals surface area (Å²) in [6.07, 6.45) is 6.80. The number of carbonyl (C=O) groups is 1. The largest absolute Gasteiger partial charge is 0.385 e. The molecule has 2 aromatic carbocycles. The molecule has 2 rings (SSSR count). The summed E-state index contributed by atoms with van der Waals surface area (Å²) in [4.78, 5) is 10.8. The number of nitrogens with one attached hydrogen (secondary N) is 4. The number of nitrogens with two attached hydrogens (primary N) is 2. The number of amides is 1. The van der Waals surface area contributed by atoms with Gasteiger partial charge in [0.1, 0.15) is 0 Å². The third-order valence-corrected chi connectivity index (χ3v) is 5.40. The minimum Gasteiger partial charge on any atom is -0.385 e. The van der Waals surface area contributed by atoms with E-state index < -0.39 is 0 Å². The van der Waals surface area contributed by atoms with Crippen molar-refractivity contribution in [3.63, 3.8) is 0 Å². The molecule has 0 heterocycles. The molecule has 0 saturated heterocycles. The molecule has 0 aromatic heterocycles. The molecule has 0 aliphatic carbocycles. The van der Waals surface area contributed by atoms with Crippen molar-refractivity contribution in [3.8, 4) is 11.1 Å². The highest BCUT2D eigenvalue weighted by molar-refractivity contribution is 5.77. The van der Waals surface area contributed by atoms with Crippen LogP contribution in [0.4, 0.5) is 5.69 Å². The zero-order chi connectivity index (χ0) is 25.4. The van der Waals surface area contributed by atoms with Crippen LogP contribution in [-0.4, -0.2) is 58.3 Å². The van der Waals surface area contributed by atoms with Crippen LogP contribution in [0, 0.1) is 0 Å². The maximum absolute atomic E-state index is 10.8. The second-order valence-corrected chi connectivity index (χ2v) is 8.48. The lowest BCUT2D eigenvalue weighted by Gasteiger charge is -2.07. The average Bonchev–Trinajstić information content (AvgIpc) is 2.90. The first-order valence-electron chi connectivity index (χ1n) is 13.2. The fourth-order valence-electron chi connectivity index (χ4n) is 3.31. The molecule has 7 heteroatoms. The van der Waals surface area contributed by atoms with E-state index >= 15 is 0 Å². The maximum Gasteiger partial charge on any atom is 0.233 e. The lowest BCUT2D eigenvalue weighted by Crippen LogP contribution is -2.32. The van der Waals surface area contributed by atoms with E-state index in [2.05, 4.69) is 76.7 Å². The van der Waals surface area contributed by atoms with Crippen molar-refractivity contribution in [2.75, 3.05) is 57.7 Å². The van der Waals surface area contributed by atoms with Crippen LogP contribution >= 0.6 is 0 Å². The Kier molecular flexibility index (Phi) is 19.3. The van der Waals surface area contributed by atoms with Gasteiger partial charge in [-0.2, -0.15) is 0 Å². The Morgan fingerprint density at radius 2 is 1.29 bits per heavy atom. The maximum atomic E-state index is 10.8. The number of unbranched alkanes of at least 4 members (excludes halogenated alkanes) is 2. The summed E-state index contributed by atoms with van der Waals surface area (Å²) in [6.45, 7) is 8.85. The zero-order valence-corrected chi connectivity index (χ0v) is 21.7. The molecule has 0 fully saturated rings. The quantitative estimate of drug-likeness (QED) is 0.181. The van der Waals surface area contributed by atoms with Crippen LogP contribution in [0.1, 0.15) is 45.4 Å². The Bertz CT molecular complexity index is 739. The summed E-state index contributed by atoms with van der Waals surface area (Å²) in [5, 5.41) is 12.9. The first-order chi connectivity index (χ1) is 17.2. The molecule has 2 aromatic rings. The van der Waals surface area contributed by atoms with Gasteiger partial charge < -0.3 is 32.7 Å². The first-order valence-corrected chi connectivity index (χ1v) is 13.2. The third-order valence-electron chi connectivity index (χ3n) is 5.40. The van der Waals surface area contributed by atoms with Crippen molar-refractivity contribution in [3.05, 3.63) is 54.6 Å². The molecule has 35 heavy (non-hydrogen) atoms. The second kappa shape index (κ2) is 22.0. The van der Waals surface area contributed by atoms with Crippen LogP contribution in [0.5, 0.6) is 0 Å². The lowest BCUT2D eigenvalue weighted by molar-refractivity contribution is -0.119.